The Morgan fingerprint density at radius 2 is 1.97 bits per heavy atom. The molecule has 1 aliphatic heterocycles. The third-order valence-electron chi connectivity index (χ3n) is 5.18. The fraction of sp³-hybridized carbons (Fsp3) is 0.400. The lowest BCUT2D eigenvalue weighted by atomic mass is 9.95. The zero-order valence-corrected chi connectivity index (χ0v) is 18.4. The van der Waals surface area contributed by atoms with Crippen molar-refractivity contribution < 1.29 is 22.4 Å². The van der Waals surface area contributed by atoms with Crippen LogP contribution in [0.15, 0.2) is 41.8 Å². The molecule has 1 aromatic carbocycles. The van der Waals surface area contributed by atoms with Crippen LogP contribution < -0.4 is 5.32 Å². The first-order chi connectivity index (χ1) is 14.1. The van der Waals surface area contributed by atoms with Gasteiger partial charge in [-0.3, -0.25) is 9.59 Å². The lowest BCUT2D eigenvalue weighted by molar-refractivity contribution is -0.152. The molecule has 0 bridgehead atoms. The molecule has 1 N–H and O–H groups in total. The van der Waals surface area contributed by atoms with E-state index >= 15 is 0 Å². The van der Waals surface area contributed by atoms with Gasteiger partial charge in [-0.25, -0.2) is 12.8 Å². The predicted octanol–water partition coefficient (Wildman–Crippen LogP) is 1.61. The largest absolute Gasteiger partial charge is 0.350 e. The molecule has 7 nitrogen and oxygen atoms in total. The monoisotopic (exact) mass is 453 g/mol. The third-order valence-corrected chi connectivity index (χ3v) is 7.31. The second-order valence-corrected chi connectivity index (χ2v) is 10.5. The van der Waals surface area contributed by atoms with Gasteiger partial charge >= 0.3 is 0 Å². The number of nitrogens with zero attached hydrogens (tertiary/aromatic N) is 2. The number of halogens is 1. The van der Waals surface area contributed by atoms with Gasteiger partial charge in [-0.05, 0) is 42.5 Å². The van der Waals surface area contributed by atoms with E-state index in [0.717, 1.165) is 15.4 Å². The topological polar surface area (TPSA) is 86.8 Å². The van der Waals surface area contributed by atoms with Crippen molar-refractivity contribution in [3.63, 3.8) is 0 Å². The molecule has 3 rings (SSSR count). The van der Waals surface area contributed by atoms with Crippen molar-refractivity contribution in [3.05, 3.63) is 58.0 Å². The molecule has 0 saturated carbocycles. The van der Waals surface area contributed by atoms with Crippen LogP contribution in [-0.4, -0.2) is 60.9 Å². The number of sulfonamides is 1. The Kier molecular flexibility index (Phi) is 6.59. The number of rotatable bonds is 7. The van der Waals surface area contributed by atoms with Crippen LogP contribution in [0.1, 0.15) is 17.4 Å². The zero-order chi connectivity index (χ0) is 21.9. The van der Waals surface area contributed by atoms with Gasteiger partial charge in [0.15, 0.2) is 0 Å². The molecule has 2 aromatic rings. The Balaban J connectivity index is 1.80. The first-order valence-electron chi connectivity index (χ1n) is 9.40. The Morgan fingerprint density at radius 1 is 1.27 bits per heavy atom. The first-order valence-corrected chi connectivity index (χ1v) is 12.1. The molecule has 0 spiro atoms. The number of nitrogens with one attached hydrogen (secondary N) is 1. The van der Waals surface area contributed by atoms with Gasteiger partial charge < -0.3 is 10.2 Å². The second-order valence-electron chi connectivity index (χ2n) is 7.49. The average molecular weight is 454 g/mol. The van der Waals surface area contributed by atoms with Crippen LogP contribution in [0, 0.1) is 5.82 Å². The van der Waals surface area contributed by atoms with E-state index in [0.29, 0.717) is 18.5 Å². The van der Waals surface area contributed by atoms with E-state index in [1.165, 1.54) is 17.0 Å². The molecule has 1 saturated heterocycles. The fourth-order valence-corrected chi connectivity index (χ4v) is 4.98. The molecule has 2 heterocycles. The molecule has 0 radical (unpaired) electrons. The van der Waals surface area contributed by atoms with E-state index < -0.39 is 27.4 Å². The Hall–Kier alpha value is -2.30. The molecule has 1 fully saturated rings. The maximum atomic E-state index is 13.2. The zero-order valence-electron chi connectivity index (χ0n) is 16.8. The van der Waals surface area contributed by atoms with Crippen molar-refractivity contribution in [2.45, 2.75) is 25.4 Å². The van der Waals surface area contributed by atoms with Crippen molar-refractivity contribution in [3.8, 4) is 0 Å². The van der Waals surface area contributed by atoms with Crippen molar-refractivity contribution in [2.24, 2.45) is 0 Å². The Bertz CT molecular complexity index is 1010. The van der Waals surface area contributed by atoms with E-state index in [1.807, 2.05) is 17.5 Å². The van der Waals surface area contributed by atoms with E-state index in [2.05, 4.69) is 5.32 Å². The molecule has 1 unspecified atom stereocenters. The number of hydrogen-bond donors (Lipinski definition) is 1. The van der Waals surface area contributed by atoms with Gasteiger partial charge in [0.05, 0.1) is 12.8 Å². The van der Waals surface area contributed by atoms with Crippen LogP contribution in [0.2, 0.25) is 0 Å². The quantitative estimate of drug-likeness (QED) is 0.690. The molecular weight excluding hydrogens is 429 g/mol. The first kappa shape index (κ1) is 22.4. The van der Waals surface area contributed by atoms with Crippen LogP contribution in [0.25, 0.3) is 0 Å². The minimum absolute atomic E-state index is 0.128. The summed E-state index contributed by atoms with van der Waals surface area (Å²) in [6, 6.07) is 9.58. The van der Waals surface area contributed by atoms with Gasteiger partial charge in [0, 0.05) is 24.5 Å². The summed E-state index contributed by atoms with van der Waals surface area (Å²) in [5.74, 6) is -1.25. The molecule has 10 heteroatoms. The number of amides is 2. The highest BCUT2D eigenvalue weighted by atomic mass is 32.2. The lowest BCUT2D eigenvalue weighted by Gasteiger charge is -2.46. The van der Waals surface area contributed by atoms with E-state index in [-0.39, 0.29) is 25.5 Å². The van der Waals surface area contributed by atoms with Crippen LogP contribution in [0.3, 0.4) is 0 Å². The number of carbonyl (C=O) groups excluding carboxylic acids is 2. The summed E-state index contributed by atoms with van der Waals surface area (Å²) in [6.45, 7) is 1.61. The second kappa shape index (κ2) is 8.83. The summed E-state index contributed by atoms with van der Waals surface area (Å²) in [7, 11) is -3.65. The Labute approximate surface area is 179 Å². The van der Waals surface area contributed by atoms with E-state index in [1.54, 1.807) is 30.4 Å². The molecule has 1 aromatic heterocycles. The number of carbonyl (C=O) groups is 2. The van der Waals surface area contributed by atoms with Crippen LogP contribution in [-0.2, 0) is 32.6 Å². The summed E-state index contributed by atoms with van der Waals surface area (Å²) in [6.07, 6.45) is 1.60. The van der Waals surface area contributed by atoms with Crippen molar-refractivity contribution in [2.75, 3.05) is 25.9 Å². The van der Waals surface area contributed by atoms with Crippen molar-refractivity contribution >= 4 is 33.2 Å². The number of benzene rings is 1. The standard InChI is InChI=1S/C20H24FN3O4S2/c1-20(19(26)22-12-15-5-7-16(21)8-6-15)14-23(30(2,27)28)13-18(25)24(20)10-9-17-4-3-11-29-17/h3-8,11H,9-10,12-14H2,1-2H3,(H,22,26). The normalized spacial score (nSPS) is 20.4. The summed E-state index contributed by atoms with van der Waals surface area (Å²) in [5, 5.41) is 4.71. The van der Waals surface area contributed by atoms with Crippen molar-refractivity contribution in [1.29, 1.82) is 0 Å². The minimum Gasteiger partial charge on any atom is -0.350 e. The molecule has 2 amide bonds. The summed E-state index contributed by atoms with van der Waals surface area (Å²) in [4.78, 5) is 28.5. The fourth-order valence-electron chi connectivity index (χ4n) is 3.45. The van der Waals surface area contributed by atoms with Gasteiger partial charge in [-0.2, -0.15) is 4.31 Å². The molecular formula is C20H24FN3O4S2. The van der Waals surface area contributed by atoms with Gasteiger partial charge in [0.25, 0.3) is 0 Å². The summed E-state index contributed by atoms with van der Waals surface area (Å²) < 4.78 is 38.3. The number of piperazine rings is 1. The van der Waals surface area contributed by atoms with Gasteiger partial charge in [0.1, 0.15) is 11.4 Å². The maximum Gasteiger partial charge on any atom is 0.247 e. The predicted molar refractivity (Wildman–Crippen MR) is 113 cm³/mol. The van der Waals surface area contributed by atoms with Crippen LogP contribution in [0.5, 0.6) is 0 Å². The van der Waals surface area contributed by atoms with Crippen LogP contribution in [0.4, 0.5) is 4.39 Å². The minimum atomic E-state index is -3.65. The third kappa shape index (κ3) is 5.05. The van der Waals surface area contributed by atoms with E-state index in [4.69, 9.17) is 0 Å². The number of hydrogen-bond acceptors (Lipinski definition) is 5. The highest BCUT2D eigenvalue weighted by Crippen LogP contribution is 2.26. The Morgan fingerprint density at radius 3 is 2.57 bits per heavy atom. The lowest BCUT2D eigenvalue weighted by Crippen LogP contribution is -2.69. The average Bonchev–Trinajstić information content (AvgIpc) is 3.19. The van der Waals surface area contributed by atoms with E-state index in [9.17, 15) is 22.4 Å². The highest BCUT2D eigenvalue weighted by Gasteiger charge is 2.49. The maximum absolute atomic E-state index is 13.2. The summed E-state index contributed by atoms with van der Waals surface area (Å²) in [5.41, 5.74) is -0.670. The molecule has 1 aliphatic rings. The van der Waals surface area contributed by atoms with Gasteiger partial charge in [-0.1, -0.05) is 18.2 Å². The van der Waals surface area contributed by atoms with Gasteiger partial charge in [0.2, 0.25) is 21.8 Å². The summed E-state index contributed by atoms with van der Waals surface area (Å²) >= 11 is 1.56. The molecule has 0 aliphatic carbocycles. The number of thiophene rings is 1. The van der Waals surface area contributed by atoms with Crippen LogP contribution >= 0.6 is 11.3 Å². The SMILES string of the molecule is CC1(C(=O)NCc2ccc(F)cc2)CN(S(C)(=O)=O)CC(=O)N1CCc1cccs1. The van der Waals surface area contributed by atoms with Gasteiger partial charge in [-0.15, -0.1) is 11.3 Å². The molecule has 1 atom stereocenters. The van der Waals surface area contributed by atoms with Crippen molar-refractivity contribution in [1.82, 2.24) is 14.5 Å². The molecule has 30 heavy (non-hydrogen) atoms. The smallest absolute Gasteiger partial charge is 0.247 e. The molecule has 162 valence electrons. The highest BCUT2D eigenvalue weighted by molar-refractivity contribution is 7.88.